The molecule has 0 heterocycles. The van der Waals surface area contributed by atoms with Gasteiger partial charge >= 0.3 is 0 Å². The molecule has 0 unspecified atom stereocenters. The Kier molecular flexibility index (Phi) is 6.14. The fourth-order valence-corrected chi connectivity index (χ4v) is 1.41. The van der Waals surface area contributed by atoms with Crippen molar-refractivity contribution in [1.82, 2.24) is 5.32 Å². The normalized spacial score (nSPS) is 9.39. The molecule has 1 rings (SSSR count). The molecule has 96 valence electrons. The number of carbonyl (C=O) groups excluding carboxylic acids is 1. The van der Waals surface area contributed by atoms with Gasteiger partial charge in [0, 0.05) is 18.0 Å². The van der Waals surface area contributed by atoms with E-state index in [4.69, 9.17) is 10.3 Å². The van der Waals surface area contributed by atoms with Crippen LogP contribution in [0, 0.1) is 0 Å². The molecule has 0 aliphatic carbocycles. The summed E-state index contributed by atoms with van der Waals surface area (Å²) in [5.74, 6) is 0.731. The van der Waals surface area contributed by atoms with Gasteiger partial charge in [-0.1, -0.05) is 17.2 Å². The molecule has 0 aliphatic heterocycles. The van der Waals surface area contributed by atoms with Crippen LogP contribution in [0.15, 0.2) is 29.4 Å². The molecule has 0 aliphatic rings. The number of rotatable bonds is 7. The van der Waals surface area contributed by atoms with Crippen LogP contribution in [0.3, 0.4) is 0 Å². The number of carbonyl (C=O) groups is 1. The zero-order chi connectivity index (χ0) is 13.2. The van der Waals surface area contributed by atoms with Crippen molar-refractivity contribution in [3.63, 3.8) is 0 Å². The second kappa shape index (κ2) is 7.97. The third-order valence-electron chi connectivity index (χ3n) is 2.34. The summed E-state index contributed by atoms with van der Waals surface area (Å²) < 4.78 is 5.04. The number of nitrogens with one attached hydrogen (secondary N) is 1. The lowest BCUT2D eigenvalue weighted by atomic mass is 10.1. The first-order valence-corrected chi connectivity index (χ1v) is 5.66. The summed E-state index contributed by atoms with van der Waals surface area (Å²) in [5, 5.41) is 6.15. The average molecular weight is 248 g/mol. The zero-order valence-corrected chi connectivity index (χ0v) is 10.3. The van der Waals surface area contributed by atoms with Gasteiger partial charge in [-0.15, -0.1) is 0 Å². The van der Waals surface area contributed by atoms with E-state index in [0.29, 0.717) is 25.9 Å². The molecular formula is C12H16N4O2. The Hall–Kier alpha value is -2.20. The van der Waals surface area contributed by atoms with E-state index in [1.165, 1.54) is 0 Å². The highest BCUT2D eigenvalue weighted by molar-refractivity contribution is 5.78. The number of benzene rings is 1. The summed E-state index contributed by atoms with van der Waals surface area (Å²) in [5.41, 5.74) is 9.01. The molecule has 6 heteroatoms. The van der Waals surface area contributed by atoms with Crippen LogP contribution in [0.4, 0.5) is 0 Å². The Balaban J connectivity index is 2.28. The highest BCUT2D eigenvalue weighted by atomic mass is 16.5. The number of hydrogen-bond donors (Lipinski definition) is 1. The summed E-state index contributed by atoms with van der Waals surface area (Å²) >= 11 is 0. The maximum absolute atomic E-state index is 11.6. The minimum atomic E-state index is -0.0406. The van der Waals surface area contributed by atoms with Crippen LogP contribution in [0.2, 0.25) is 0 Å². The third-order valence-corrected chi connectivity index (χ3v) is 2.34. The van der Waals surface area contributed by atoms with Gasteiger partial charge in [0.2, 0.25) is 5.91 Å². The molecule has 6 nitrogen and oxygen atoms in total. The van der Waals surface area contributed by atoms with Crippen molar-refractivity contribution in [2.24, 2.45) is 5.11 Å². The van der Waals surface area contributed by atoms with Crippen molar-refractivity contribution >= 4 is 5.91 Å². The van der Waals surface area contributed by atoms with Crippen LogP contribution in [0.5, 0.6) is 5.75 Å². The first-order chi connectivity index (χ1) is 8.76. The van der Waals surface area contributed by atoms with E-state index >= 15 is 0 Å². The van der Waals surface area contributed by atoms with Crippen LogP contribution < -0.4 is 10.1 Å². The second-order valence-electron chi connectivity index (χ2n) is 3.68. The Morgan fingerprint density at radius 3 is 2.78 bits per heavy atom. The molecule has 0 atom stereocenters. The zero-order valence-electron chi connectivity index (χ0n) is 10.3. The van der Waals surface area contributed by atoms with Crippen molar-refractivity contribution in [3.05, 3.63) is 40.3 Å². The molecule has 0 saturated carbocycles. The highest BCUT2D eigenvalue weighted by Gasteiger charge is 2.02. The van der Waals surface area contributed by atoms with Crippen LogP contribution in [-0.4, -0.2) is 26.1 Å². The van der Waals surface area contributed by atoms with Crippen molar-refractivity contribution in [2.75, 3.05) is 20.2 Å². The molecule has 0 fully saturated rings. The predicted octanol–water partition coefficient (Wildman–Crippen LogP) is 2.05. The maximum Gasteiger partial charge on any atom is 0.224 e. The summed E-state index contributed by atoms with van der Waals surface area (Å²) in [6.07, 6.45) is 0.990. The lowest BCUT2D eigenvalue weighted by Crippen LogP contribution is -2.26. The van der Waals surface area contributed by atoms with E-state index in [1.54, 1.807) is 7.11 Å². The molecule has 18 heavy (non-hydrogen) atoms. The van der Waals surface area contributed by atoms with Crippen LogP contribution >= 0.6 is 0 Å². The molecule has 1 N–H and O–H groups in total. The van der Waals surface area contributed by atoms with Gasteiger partial charge in [0.15, 0.2) is 0 Å². The molecule has 0 aromatic heterocycles. The van der Waals surface area contributed by atoms with Crippen molar-refractivity contribution < 1.29 is 9.53 Å². The van der Waals surface area contributed by atoms with Crippen molar-refractivity contribution in [3.8, 4) is 5.75 Å². The van der Waals surface area contributed by atoms with Crippen molar-refractivity contribution in [2.45, 2.75) is 12.8 Å². The van der Waals surface area contributed by atoms with Crippen LogP contribution in [-0.2, 0) is 11.2 Å². The number of azide groups is 1. The molecule has 1 aromatic carbocycles. The van der Waals surface area contributed by atoms with Gasteiger partial charge in [0.25, 0.3) is 0 Å². The minimum absolute atomic E-state index is 0.0406. The fraction of sp³-hybridized carbons (Fsp3) is 0.417. The van der Waals surface area contributed by atoms with Crippen molar-refractivity contribution in [1.29, 1.82) is 0 Å². The number of hydrogen-bond acceptors (Lipinski definition) is 3. The van der Waals surface area contributed by atoms with E-state index < -0.39 is 0 Å². The number of nitrogens with zero attached hydrogens (tertiary/aromatic N) is 3. The highest BCUT2D eigenvalue weighted by Crippen LogP contribution is 2.11. The average Bonchev–Trinajstić information content (AvgIpc) is 2.39. The van der Waals surface area contributed by atoms with E-state index in [1.807, 2.05) is 24.3 Å². The largest absolute Gasteiger partial charge is 0.497 e. The summed E-state index contributed by atoms with van der Waals surface area (Å²) in [6.45, 7) is 0.924. The Morgan fingerprint density at radius 2 is 2.17 bits per heavy atom. The Labute approximate surface area is 106 Å². The van der Waals surface area contributed by atoms with Gasteiger partial charge in [0.1, 0.15) is 5.75 Å². The first kappa shape index (κ1) is 13.9. The summed E-state index contributed by atoms with van der Waals surface area (Å²) in [6, 6.07) is 7.37. The summed E-state index contributed by atoms with van der Waals surface area (Å²) in [7, 11) is 1.60. The molecule has 1 aromatic rings. The maximum atomic E-state index is 11.6. The van der Waals surface area contributed by atoms with Gasteiger partial charge in [-0.25, -0.2) is 0 Å². The summed E-state index contributed by atoms with van der Waals surface area (Å²) in [4.78, 5) is 14.2. The SMILES string of the molecule is COc1ccc(CC(=O)NCCCN=[N+]=[N-])cc1. The van der Waals surface area contributed by atoms with Gasteiger partial charge in [-0.05, 0) is 29.6 Å². The van der Waals surface area contributed by atoms with E-state index in [-0.39, 0.29) is 5.91 Å². The predicted molar refractivity (Wildman–Crippen MR) is 68.3 cm³/mol. The lowest BCUT2D eigenvalue weighted by molar-refractivity contribution is -0.120. The van der Waals surface area contributed by atoms with Gasteiger partial charge in [0.05, 0.1) is 13.5 Å². The standard InChI is InChI=1S/C12H16N4O2/c1-18-11-5-3-10(4-6-11)9-12(17)14-7-2-8-15-16-13/h3-6H,2,7-9H2,1H3,(H,14,17). The molecule has 0 saturated heterocycles. The molecule has 1 amide bonds. The monoisotopic (exact) mass is 248 g/mol. The Morgan fingerprint density at radius 1 is 1.44 bits per heavy atom. The minimum Gasteiger partial charge on any atom is -0.497 e. The number of ether oxygens (including phenoxy) is 1. The quantitative estimate of drug-likeness (QED) is 0.346. The molecular weight excluding hydrogens is 232 g/mol. The number of amides is 1. The van der Waals surface area contributed by atoms with Crippen LogP contribution in [0.1, 0.15) is 12.0 Å². The van der Waals surface area contributed by atoms with E-state index in [0.717, 1.165) is 11.3 Å². The fourth-order valence-electron chi connectivity index (χ4n) is 1.41. The van der Waals surface area contributed by atoms with E-state index in [9.17, 15) is 4.79 Å². The van der Waals surface area contributed by atoms with Gasteiger partial charge < -0.3 is 10.1 Å². The number of methoxy groups -OCH3 is 1. The van der Waals surface area contributed by atoms with E-state index in [2.05, 4.69) is 15.3 Å². The van der Waals surface area contributed by atoms with Gasteiger partial charge in [-0.2, -0.15) is 0 Å². The third kappa shape index (κ3) is 5.23. The molecule has 0 bridgehead atoms. The topological polar surface area (TPSA) is 87.1 Å². The van der Waals surface area contributed by atoms with Gasteiger partial charge in [-0.3, -0.25) is 4.79 Å². The van der Waals surface area contributed by atoms with Crippen LogP contribution in [0.25, 0.3) is 10.4 Å². The first-order valence-electron chi connectivity index (χ1n) is 5.66. The molecule has 0 spiro atoms. The smallest absolute Gasteiger partial charge is 0.224 e. The molecule has 0 radical (unpaired) electrons. The lowest BCUT2D eigenvalue weighted by Gasteiger charge is -2.05. The Bertz CT molecular complexity index is 424. The second-order valence-corrected chi connectivity index (χ2v) is 3.68.